The summed E-state index contributed by atoms with van der Waals surface area (Å²) in [5.74, 6) is 2.13. The van der Waals surface area contributed by atoms with Crippen molar-refractivity contribution >= 4 is 45.7 Å². The molecule has 0 spiro atoms. The summed E-state index contributed by atoms with van der Waals surface area (Å²) in [6, 6.07) is 51.6. The SMILES string of the molecule is CC(C)c1cccc(C(C)C)c1N1[CH-]N(c2c(C(C)C)cccc2C(C)C)CC1.CCCC[N+](CCCC)(CCCC)CCCC.O=C(c1ccccc1)c1ccccc1.OC(c1ccccc1)c1ccccc1.[Cl][Pd]([Cl])[Cl]. The van der Waals surface area contributed by atoms with Crippen molar-refractivity contribution < 1.29 is 28.1 Å². The van der Waals surface area contributed by atoms with Gasteiger partial charge in [-0.1, -0.05) is 266 Å². The molecule has 9 heteroatoms. The van der Waals surface area contributed by atoms with Gasteiger partial charge in [0.15, 0.2) is 5.78 Å². The molecule has 5 nitrogen and oxygen atoms in total. The van der Waals surface area contributed by atoms with E-state index < -0.39 is 19.8 Å². The van der Waals surface area contributed by atoms with Crippen molar-refractivity contribution in [3.63, 3.8) is 0 Å². The van der Waals surface area contributed by atoms with Gasteiger partial charge < -0.3 is 19.4 Å². The van der Waals surface area contributed by atoms with E-state index in [1.165, 1.54) is 116 Å². The van der Waals surface area contributed by atoms with Crippen LogP contribution >= 0.6 is 28.6 Å². The van der Waals surface area contributed by atoms with E-state index >= 15 is 0 Å². The molecule has 1 fully saturated rings. The number of quaternary nitrogens is 1. The molecule has 0 unspecified atom stereocenters. The van der Waals surface area contributed by atoms with Gasteiger partial charge in [-0.25, -0.2) is 0 Å². The van der Waals surface area contributed by atoms with Gasteiger partial charge in [-0.3, -0.25) is 4.79 Å². The third-order valence-electron chi connectivity index (χ3n) is 14.4. The number of nitrogens with zero attached hydrogens (tertiary/aromatic N) is 3. The van der Waals surface area contributed by atoms with Crippen LogP contribution in [0.2, 0.25) is 0 Å². The Morgan fingerprint density at radius 1 is 0.462 bits per heavy atom. The third-order valence-corrected chi connectivity index (χ3v) is 14.4. The van der Waals surface area contributed by atoms with Crippen molar-refractivity contribution in [1.82, 2.24) is 0 Å². The second kappa shape index (κ2) is 37.9. The van der Waals surface area contributed by atoms with Crippen LogP contribution in [0.15, 0.2) is 158 Å². The molecule has 1 aliphatic rings. The predicted octanol–water partition coefficient (Wildman–Crippen LogP) is 20.4. The predicted molar refractivity (Wildman–Crippen MR) is 338 cm³/mol. The molecule has 6 aromatic carbocycles. The van der Waals surface area contributed by atoms with E-state index in [0.29, 0.717) is 23.7 Å². The number of aliphatic hydroxyl groups is 1. The zero-order valence-electron chi connectivity index (χ0n) is 49.5. The normalized spacial score (nSPS) is 12.3. The summed E-state index contributed by atoms with van der Waals surface area (Å²) in [7, 11) is 14.8. The van der Waals surface area contributed by atoms with E-state index in [0.717, 1.165) is 35.3 Å². The first-order valence-corrected chi connectivity index (χ1v) is 35.0. The molecule has 431 valence electrons. The first-order chi connectivity index (χ1) is 37.4. The Labute approximate surface area is 492 Å². The summed E-state index contributed by atoms with van der Waals surface area (Å²) in [5.41, 5.74) is 12.0. The van der Waals surface area contributed by atoms with E-state index in [-0.39, 0.29) is 5.78 Å². The standard InChI is InChI=1S/C27H39N2.C16H36N.C13H12O.C13H10O.3ClH.Pd/c1-18(2)22-11-9-12-23(19(3)4)26(22)28-15-16-29(17-28)27-24(20(5)6)13-10-14-25(27)21(7)8;1-5-9-13-17(14-10-6-2,15-11-7-3)16-12-8-4;2*14-13(11-7-3-1-4-8-11)12-9-5-2-6-10-12;;;;/h9-14,17-21H,15-16H2,1-8H3;5-16H2,1-4H3;1-10,13-14H;1-10H;3*1H;/q-1;+1;;;;;;+3/p-3. The summed E-state index contributed by atoms with van der Waals surface area (Å²) in [4.78, 5) is 16.9. The molecule has 1 heterocycles. The quantitative estimate of drug-likeness (QED) is 0.0318. The molecule has 7 rings (SSSR count). The summed E-state index contributed by atoms with van der Waals surface area (Å²) in [5, 5.41) is 9.99. The van der Waals surface area contributed by atoms with E-state index in [4.69, 9.17) is 28.6 Å². The van der Waals surface area contributed by atoms with Crippen molar-refractivity contribution in [1.29, 1.82) is 0 Å². The fourth-order valence-electron chi connectivity index (χ4n) is 9.98. The monoisotopic (exact) mass is 1210 g/mol. The van der Waals surface area contributed by atoms with Gasteiger partial charge in [0.05, 0.1) is 26.2 Å². The Balaban J connectivity index is 0.000000281. The Morgan fingerprint density at radius 3 is 0.962 bits per heavy atom. The molecule has 6 aromatic rings. The number of ketones is 1. The Hall–Kier alpha value is -3.96. The number of unbranched alkanes of at least 4 members (excludes halogenated alkanes) is 4. The van der Waals surface area contributed by atoms with E-state index in [1.54, 1.807) is 0 Å². The number of hydrogen-bond acceptors (Lipinski definition) is 4. The zero-order valence-corrected chi connectivity index (χ0v) is 53.3. The van der Waals surface area contributed by atoms with Crippen LogP contribution in [0.5, 0.6) is 0 Å². The van der Waals surface area contributed by atoms with Crippen molar-refractivity contribution in [3.8, 4) is 0 Å². The van der Waals surface area contributed by atoms with Gasteiger partial charge in [0.1, 0.15) is 6.10 Å². The molecule has 0 aromatic heterocycles. The first-order valence-electron chi connectivity index (χ1n) is 29.0. The fraction of sp³-hybridized carbons (Fsp3) is 0.449. The minimum atomic E-state index is -1.57. The number of aliphatic hydroxyl groups excluding tert-OH is 1. The van der Waals surface area contributed by atoms with Gasteiger partial charge >= 0.3 is 42.3 Å². The molecule has 0 saturated carbocycles. The van der Waals surface area contributed by atoms with Gasteiger partial charge in [0.25, 0.3) is 0 Å². The molecule has 0 bridgehead atoms. The molecular weight excluding hydrogens is 1120 g/mol. The van der Waals surface area contributed by atoms with Gasteiger partial charge in [-0.15, -0.1) is 0 Å². The summed E-state index contributed by atoms with van der Waals surface area (Å²) >= 11 is -1.57. The summed E-state index contributed by atoms with van der Waals surface area (Å²) < 4.78 is 1.42. The summed E-state index contributed by atoms with van der Waals surface area (Å²) in [6.07, 6.45) is 10.5. The number of halogens is 3. The zero-order chi connectivity index (χ0) is 57.5. The number of hydrogen-bond donors (Lipinski definition) is 1. The average Bonchev–Trinajstić information content (AvgIpc) is 3.99. The molecule has 0 aliphatic carbocycles. The second-order valence-corrected chi connectivity index (χ2v) is 28.8. The minimum absolute atomic E-state index is 0.0752. The van der Waals surface area contributed by atoms with Gasteiger partial charge in [-0.2, -0.15) is 6.67 Å². The second-order valence-electron chi connectivity index (χ2n) is 21.8. The van der Waals surface area contributed by atoms with Crippen LogP contribution in [0.4, 0.5) is 11.4 Å². The number of rotatable bonds is 22. The number of carbonyl (C=O) groups is 1. The van der Waals surface area contributed by atoms with Crippen LogP contribution in [-0.4, -0.2) is 54.6 Å². The summed E-state index contributed by atoms with van der Waals surface area (Å²) in [6.45, 7) is 37.9. The number of benzene rings is 6. The van der Waals surface area contributed by atoms with Crippen molar-refractivity contribution in [2.45, 2.75) is 164 Å². The van der Waals surface area contributed by atoms with Crippen molar-refractivity contribution in [2.24, 2.45) is 0 Å². The van der Waals surface area contributed by atoms with E-state index in [2.05, 4.69) is 136 Å². The van der Waals surface area contributed by atoms with E-state index in [1.807, 2.05) is 121 Å². The van der Waals surface area contributed by atoms with Gasteiger partial charge in [0, 0.05) is 35.6 Å². The van der Waals surface area contributed by atoms with Crippen LogP contribution in [0, 0.1) is 6.67 Å². The molecule has 0 atom stereocenters. The number of anilines is 2. The fourth-order valence-corrected chi connectivity index (χ4v) is 9.98. The van der Waals surface area contributed by atoms with Crippen LogP contribution < -0.4 is 9.80 Å². The maximum atomic E-state index is 11.8. The van der Waals surface area contributed by atoms with Crippen LogP contribution in [0.1, 0.15) is 214 Å². The van der Waals surface area contributed by atoms with Crippen LogP contribution in [0.25, 0.3) is 0 Å². The molecule has 1 saturated heterocycles. The topological polar surface area (TPSA) is 43.8 Å². The molecule has 0 radical (unpaired) electrons. The van der Waals surface area contributed by atoms with Crippen LogP contribution in [-0.2, 0) is 13.7 Å². The average molecular weight is 1210 g/mol. The molecule has 0 amide bonds. The van der Waals surface area contributed by atoms with Gasteiger partial charge in [-0.05, 0) is 82.7 Å². The molecular formula is C69H97Cl3N3O2Pd. The van der Waals surface area contributed by atoms with Crippen LogP contribution in [0.3, 0.4) is 0 Å². The number of para-hydroxylation sites is 2. The molecule has 78 heavy (non-hydrogen) atoms. The molecule has 1 N–H and O–H groups in total. The molecule has 1 aliphatic heterocycles. The van der Waals surface area contributed by atoms with E-state index in [9.17, 15) is 9.90 Å². The van der Waals surface area contributed by atoms with Crippen molar-refractivity contribution in [2.75, 3.05) is 49.1 Å². The third kappa shape index (κ3) is 23.3. The number of carbonyl (C=O) groups excluding carboxylic acids is 1. The Kier molecular flexibility index (Phi) is 33.2. The van der Waals surface area contributed by atoms with Gasteiger partial charge in [0.2, 0.25) is 0 Å². The first kappa shape index (κ1) is 68.3. The maximum absolute atomic E-state index is 11.8. The van der Waals surface area contributed by atoms with Crippen molar-refractivity contribution in [3.05, 3.63) is 209 Å². The Morgan fingerprint density at radius 2 is 0.718 bits per heavy atom. The Bertz CT molecular complexity index is 2260.